The summed E-state index contributed by atoms with van der Waals surface area (Å²) in [6.45, 7) is -0.0565. The highest BCUT2D eigenvalue weighted by atomic mass is 35.5. The van der Waals surface area contributed by atoms with Crippen molar-refractivity contribution in [2.24, 2.45) is 17.6 Å². The summed E-state index contributed by atoms with van der Waals surface area (Å²) in [7, 11) is -3.76. The zero-order valence-corrected chi connectivity index (χ0v) is 25.6. The van der Waals surface area contributed by atoms with Gasteiger partial charge in [0.05, 0.1) is 51.5 Å². The van der Waals surface area contributed by atoms with Gasteiger partial charge in [-0.3, -0.25) is 14.4 Å². The molecule has 4 aliphatic rings. The maximum atomic E-state index is 13.4. The van der Waals surface area contributed by atoms with Crippen molar-refractivity contribution in [1.82, 2.24) is 9.71 Å². The molecule has 43 heavy (non-hydrogen) atoms. The van der Waals surface area contributed by atoms with Crippen LogP contribution in [0.1, 0.15) is 67.4 Å². The van der Waals surface area contributed by atoms with E-state index in [0.717, 1.165) is 25.7 Å². The van der Waals surface area contributed by atoms with Crippen LogP contribution in [0.25, 0.3) is 5.70 Å². The Kier molecular flexibility index (Phi) is 8.27. The molecule has 1 saturated heterocycles. The number of hydrogen-bond acceptors (Lipinski definition) is 8. The first kappa shape index (κ1) is 30.1. The second-order valence-electron chi connectivity index (χ2n) is 11.7. The Labute approximate surface area is 260 Å². The summed E-state index contributed by atoms with van der Waals surface area (Å²) in [5, 5.41) is 0.112. The third-order valence-corrected chi connectivity index (χ3v) is 11.3. The molecule has 2 heterocycles. The van der Waals surface area contributed by atoms with Gasteiger partial charge in [0.15, 0.2) is 5.78 Å². The average Bonchev–Trinajstić information content (AvgIpc) is 3.35. The van der Waals surface area contributed by atoms with Crippen LogP contribution in [0.5, 0.6) is 0 Å². The van der Waals surface area contributed by atoms with Gasteiger partial charge in [-0.2, -0.15) is 0 Å². The van der Waals surface area contributed by atoms with Gasteiger partial charge in [-0.05, 0) is 62.8 Å². The molecule has 3 saturated carbocycles. The molecule has 3 aliphatic carbocycles. The molecule has 2 amide bonds. The van der Waals surface area contributed by atoms with Gasteiger partial charge >= 0.3 is 0 Å². The van der Waals surface area contributed by atoms with E-state index in [1.54, 1.807) is 29.2 Å². The molecule has 1 aromatic carbocycles. The Morgan fingerprint density at radius 2 is 1.74 bits per heavy atom. The highest BCUT2D eigenvalue weighted by molar-refractivity contribution is 7.90. The number of anilines is 1. The van der Waals surface area contributed by atoms with Crippen LogP contribution in [-0.2, 0) is 24.3 Å². The van der Waals surface area contributed by atoms with Crippen molar-refractivity contribution < 1.29 is 27.5 Å². The molecule has 228 valence electrons. The van der Waals surface area contributed by atoms with Gasteiger partial charge in [0.25, 0.3) is 5.91 Å². The van der Waals surface area contributed by atoms with Crippen molar-refractivity contribution in [2.75, 3.05) is 11.5 Å². The summed E-state index contributed by atoms with van der Waals surface area (Å²) in [4.78, 5) is 45.0. The number of hydrogen-bond donors (Lipinski definition) is 2. The van der Waals surface area contributed by atoms with Crippen molar-refractivity contribution >= 4 is 62.2 Å². The summed E-state index contributed by atoms with van der Waals surface area (Å²) < 4.78 is 33.3. The Morgan fingerprint density at radius 3 is 2.35 bits per heavy atom. The third-order valence-electron chi connectivity index (χ3n) is 8.88. The topological polar surface area (TPSA) is 149 Å². The van der Waals surface area contributed by atoms with Crippen molar-refractivity contribution in [1.29, 1.82) is 0 Å². The minimum absolute atomic E-state index is 0.0424. The zero-order valence-electron chi connectivity index (χ0n) is 23.3. The number of nitrogens with two attached hydrogens (primary N) is 1. The maximum absolute atomic E-state index is 13.4. The molecule has 1 aliphatic heterocycles. The largest absolute Gasteiger partial charge is 0.398 e. The van der Waals surface area contributed by atoms with Crippen LogP contribution in [0.3, 0.4) is 0 Å². The predicted octanol–water partition coefficient (Wildman–Crippen LogP) is 4.25. The van der Waals surface area contributed by atoms with Gasteiger partial charge in [0.2, 0.25) is 15.9 Å². The number of aromatic nitrogens is 1. The Bertz CT molecular complexity index is 1580. The average molecular weight is 648 g/mol. The maximum Gasteiger partial charge on any atom is 0.283 e. The number of pyridine rings is 1. The Balaban J connectivity index is 1.12. The van der Waals surface area contributed by atoms with Crippen LogP contribution in [-0.4, -0.2) is 55.0 Å². The lowest BCUT2D eigenvalue weighted by Crippen LogP contribution is -2.43. The van der Waals surface area contributed by atoms with Crippen LogP contribution in [0.2, 0.25) is 10.0 Å². The molecular weight excluding hydrogens is 615 g/mol. The first-order valence-corrected chi connectivity index (χ1v) is 16.8. The molecule has 3 N–H and O–H groups in total. The Hall–Kier alpha value is -2.99. The molecule has 0 unspecified atom stereocenters. The first-order valence-electron chi connectivity index (χ1n) is 14.5. The molecule has 6 rings (SSSR count). The van der Waals surface area contributed by atoms with Crippen molar-refractivity contribution in [3.8, 4) is 0 Å². The minimum Gasteiger partial charge on any atom is -0.398 e. The number of Topliss-reactive ketones (excluding diaryl/α,β-unsaturated/α-hetero) is 1. The summed E-state index contributed by atoms with van der Waals surface area (Å²) in [5.41, 5.74) is 7.84. The molecule has 10 nitrogen and oxygen atoms in total. The second-order valence-corrected chi connectivity index (χ2v) is 14.5. The number of benzene rings is 1. The minimum atomic E-state index is -3.76. The smallest absolute Gasteiger partial charge is 0.283 e. The number of nitrogens with one attached hydrogen (secondary N) is 1. The predicted molar refractivity (Wildman–Crippen MR) is 162 cm³/mol. The van der Waals surface area contributed by atoms with Gasteiger partial charge in [-0.15, -0.1) is 0 Å². The van der Waals surface area contributed by atoms with Crippen molar-refractivity contribution in [2.45, 2.75) is 68.8 Å². The number of fused-ring (bicyclic) bond motifs is 2. The van der Waals surface area contributed by atoms with Crippen molar-refractivity contribution in [3.63, 3.8) is 0 Å². The fourth-order valence-electron chi connectivity index (χ4n) is 6.42. The van der Waals surface area contributed by atoms with Gasteiger partial charge in [-0.1, -0.05) is 42.1 Å². The van der Waals surface area contributed by atoms with E-state index < -0.39 is 33.2 Å². The molecule has 1 aromatic heterocycles. The second kappa shape index (κ2) is 11.8. The van der Waals surface area contributed by atoms with Crippen LogP contribution in [0.4, 0.5) is 5.69 Å². The third kappa shape index (κ3) is 5.92. The summed E-state index contributed by atoms with van der Waals surface area (Å²) >= 11 is 12.7. The lowest BCUT2D eigenvalue weighted by Gasteiger charge is -2.31. The van der Waals surface area contributed by atoms with E-state index >= 15 is 0 Å². The molecule has 4 fully saturated rings. The van der Waals surface area contributed by atoms with E-state index in [0.29, 0.717) is 52.6 Å². The number of piperidine rings is 1. The molecule has 13 heteroatoms. The van der Waals surface area contributed by atoms with Gasteiger partial charge in [0, 0.05) is 23.1 Å². The molecule has 0 spiro atoms. The van der Waals surface area contributed by atoms with E-state index in [1.807, 2.05) is 0 Å². The highest BCUT2D eigenvalue weighted by Crippen LogP contribution is 2.44. The number of ketones is 1. The number of rotatable bonds is 10. The zero-order chi connectivity index (χ0) is 30.5. The number of nitrogens with zero attached hydrogens (tertiary/aromatic N) is 2. The van der Waals surface area contributed by atoms with Gasteiger partial charge < -0.3 is 15.4 Å². The van der Waals surface area contributed by atoms with Crippen molar-refractivity contribution in [3.05, 3.63) is 63.4 Å². The monoisotopic (exact) mass is 646 g/mol. The number of amides is 2. The Morgan fingerprint density at radius 1 is 1.05 bits per heavy atom. The quantitative estimate of drug-likeness (QED) is 0.364. The summed E-state index contributed by atoms with van der Waals surface area (Å²) in [5.74, 6) is -1.52. The van der Waals surface area contributed by atoms with Gasteiger partial charge in [-0.25, -0.2) is 18.1 Å². The molecule has 2 bridgehead atoms. The van der Waals surface area contributed by atoms with E-state index in [1.165, 1.54) is 12.3 Å². The van der Waals surface area contributed by atoms with Gasteiger partial charge in [0.1, 0.15) is 5.69 Å². The van der Waals surface area contributed by atoms with E-state index in [-0.39, 0.29) is 41.6 Å². The van der Waals surface area contributed by atoms with E-state index in [2.05, 4.69) is 9.71 Å². The molecule has 3 atom stereocenters. The fraction of sp³-hybridized carbons (Fsp3) is 0.467. The standard InChI is InChI=1S/C30H32Cl2N4O6S/c31-22-6-3-7-23(32)26(22)27(33)21(28(37)16-8-9-16)15-42-25-13-18-12-20(25)30(39)36(18)17-10-11-24(34-14-17)29(38)35-43(40,41)19-4-1-2-5-19/h3,6-7,10-11,14,16,18-20,25H,1-2,4-5,8-9,12-13,15,33H2,(H,35,38)/t18-,20+,25+/m0/s1. The first-order chi connectivity index (χ1) is 20.5. The van der Waals surface area contributed by atoms with E-state index in [9.17, 15) is 22.8 Å². The highest BCUT2D eigenvalue weighted by Gasteiger charge is 2.52. The lowest BCUT2D eigenvalue weighted by atomic mass is 10.0. The molecule has 0 radical (unpaired) electrons. The number of carbonyl (C=O) groups is 3. The van der Waals surface area contributed by atoms with Crippen LogP contribution in [0.15, 0.2) is 42.1 Å². The summed E-state index contributed by atoms with van der Waals surface area (Å²) in [6, 6.07) is 7.89. The normalized spacial score (nSPS) is 24.4. The molecular formula is C30H32Cl2N4O6S. The number of halogens is 2. The lowest BCUT2D eigenvalue weighted by molar-refractivity contribution is -0.126. The van der Waals surface area contributed by atoms with E-state index in [4.69, 9.17) is 33.7 Å². The number of carbonyl (C=O) groups excluding carboxylic acids is 3. The SMILES string of the molecule is NC(=C(CO[C@@H]1C[C@@H]2C[C@H]1C(=O)N2c1ccc(C(=O)NS(=O)(=O)C2CCCC2)nc1)C(=O)C1CC1)c1c(Cl)cccc1Cl. The van der Waals surface area contributed by atoms with Crippen LogP contribution >= 0.6 is 23.2 Å². The fourth-order valence-corrected chi connectivity index (χ4v) is 8.51. The van der Waals surface area contributed by atoms with Crippen LogP contribution < -0.4 is 15.4 Å². The van der Waals surface area contributed by atoms with Crippen LogP contribution in [0, 0.1) is 11.8 Å². The number of sulfonamides is 1. The number of ether oxygens (including phenoxy) is 1. The molecule has 2 aromatic rings. The summed E-state index contributed by atoms with van der Waals surface area (Å²) in [6.07, 6.45) is 6.45.